The highest BCUT2D eigenvalue weighted by Crippen LogP contribution is 2.43. The smallest absolute Gasteiger partial charge is 0.193 e. The first kappa shape index (κ1) is 16.8. The summed E-state index contributed by atoms with van der Waals surface area (Å²) in [5.41, 5.74) is 0.947. The fraction of sp³-hybridized carbons (Fsp3) is 0.400. The Labute approximate surface area is 126 Å². The van der Waals surface area contributed by atoms with Gasteiger partial charge in [0.15, 0.2) is 0 Å². The number of anilines is 1. The Hall–Kier alpha value is -0.210. The Morgan fingerprint density at radius 1 is 1.26 bits per heavy atom. The highest BCUT2D eigenvalue weighted by atomic mass is 35.5. The van der Waals surface area contributed by atoms with E-state index in [0.29, 0.717) is 11.3 Å². The van der Waals surface area contributed by atoms with Gasteiger partial charge in [-0.1, -0.05) is 41.4 Å². The number of nitrogens with zero attached hydrogens (tertiary/aromatic N) is 2. The van der Waals surface area contributed by atoms with Crippen molar-refractivity contribution in [2.75, 3.05) is 17.8 Å². The van der Waals surface area contributed by atoms with Crippen LogP contribution in [0, 0.1) is 6.92 Å². The van der Waals surface area contributed by atoms with Crippen LogP contribution in [0.4, 0.5) is 10.1 Å². The number of alkyl halides is 3. The highest BCUT2D eigenvalue weighted by Gasteiger charge is 2.36. The van der Waals surface area contributed by atoms with E-state index in [0.717, 1.165) is 8.02 Å². The lowest BCUT2D eigenvalue weighted by atomic mass is 10.2. The van der Waals surface area contributed by atoms with E-state index >= 15 is 0 Å². The predicted octanol–water partition coefficient (Wildman–Crippen LogP) is 3.31. The van der Waals surface area contributed by atoms with E-state index < -0.39 is 14.1 Å². The van der Waals surface area contributed by atoms with Crippen LogP contribution in [0.3, 0.4) is 0 Å². The molecule has 19 heavy (non-hydrogen) atoms. The van der Waals surface area contributed by atoms with Gasteiger partial charge in [-0.2, -0.15) is 20.8 Å². The number of aryl methyl sites for hydroxylation is 1. The third-order valence-corrected chi connectivity index (χ3v) is 5.48. The fourth-order valence-corrected chi connectivity index (χ4v) is 4.22. The first-order valence-electron chi connectivity index (χ1n) is 5.10. The molecule has 0 saturated carbocycles. The average molecular weight is 347 g/mol. The van der Waals surface area contributed by atoms with Crippen molar-refractivity contribution in [3.8, 4) is 0 Å². The maximum Gasteiger partial charge on any atom is 0.324 e. The van der Waals surface area contributed by atoms with Crippen molar-refractivity contribution in [3.05, 3.63) is 29.8 Å². The number of para-hydroxylation sites is 1. The lowest BCUT2D eigenvalue weighted by molar-refractivity contribution is 0.510. The summed E-state index contributed by atoms with van der Waals surface area (Å²) in [4.78, 5) is 0. The van der Waals surface area contributed by atoms with Crippen LogP contribution in [0.5, 0.6) is 0 Å². The zero-order valence-electron chi connectivity index (χ0n) is 10.5. The summed E-state index contributed by atoms with van der Waals surface area (Å²) in [6, 6.07) is 6.64. The molecule has 0 fully saturated rings. The molecule has 0 heterocycles. The standard InChI is InChI=1S/C10H13Cl2FN2O2S2/c1-8-6-4-5-7-9(8)15(18-10(11,12)13)19(16,17)14(2)3/h4-7H,1-3H3. The molecule has 0 unspecified atom stereocenters. The SMILES string of the molecule is Cc1ccccc1N(SC(F)(Cl)Cl)S(=O)(=O)N(C)C. The second-order valence-corrected chi connectivity index (χ2v) is 8.86. The van der Waals surface area contributed by atoms with Crippen molar-refractivity contribution in [1.82, 2.24) is 4.31 Å². The molecule has 1 aromatic carbocycles. The molecule has 0 aliphatic rings. The summed E-state index contributed by atoms with van der Waals surface area (Å²) in [6.07, 6.45) is 0. The summed E-state index contributed by atoms with van der Waals surface area (Å²) in [7, 11) is -1.25. The second-order valence-electron chi connectivity index (χ2n) is 3.84. The van der Waals surface area contributed by atoms with E-state index in [1.807, 2.05) is 0 Å². The van der Waals surface area contributed by atoms with Gasteiger partial charge in [-0.15, -0.1) is 0 Å². The first-order valence-corrected chi connectivity index (χ1v) is 8.02. The first-order chi connectivity index (χ1) is 8.55. The Morgan fingerprint density at radius 3 is 2.21 bits per heavy atom. The summed E-state index contributed by atoms with van der Waals surface area (Å²) in [5, 5.41) is 0. The number of hydrogen-bond donors (Lipinski definition) is 0. The Morgan fingerprint density at radius 2 is 1.79 bits per heavy atom. The van der Waals surface area contributed by atoms with Gasteiger partial charge in [0.05, 0.1) is 5.69 Å². The van der Waals surface area contributed by atoms with Gasteiger partial charge in [-0.25, -0.2) is 0 Å². The van der Waals surface area contributed by atoms with Crippen molar-refractivity contribution in [3.63, 3.8) is 0 Å². The number of hydrogen-bond acceptors (Lipinski definition) is 3. The molecule has 0 aromatic heterocycles. The van der Waals surface area contributed by atoms with Crippen molar-refractivity contribution in [1.29, 1.82) is 0 Å². The van der Waals surface area contributed by atoms with Crippen LogP contribution in [-0.2, 0) is 10.2 Å². The predicted molar refractivity (Wildman–Crippen MR) is 79.4 cm³/mol. The molecule has 9 heteroatoms. The molecule has 0 bridgehead atoms. The van der Waals surface area contributed by atoms with E-state index in [9.17, 15) is 12.8 Å². The molecule has 108 valence electrons. The Bertz CT molecular complexity index is 547. The molecule has 0 N–H and O–H groups in total. The van der Waals surface area contributed by atoms with E-state index in [2.05, 4.69) is 0 Å². The highest BCUT2D eigenvalue weighted by molar-refractivity contribution is 8.15. The molecular weight excluding hydrogens is 334 g/mol. The number of benzene rings is 1. The third kappa shape index (κ3) is 4.39. The van der Waals surface area contributed by atoms with Gasteiger partial charge in [0.2, 0.25) is 0 Å². The largest absolute Gasteiger partial charge is 0.324 e. The van der Waals surface area contributed by atoms with Gasteiger partial charge < -0.3 is 0 Å². The quantitative estimate of drug-likeness (QED) is 0.606. The molecular formula is C10H13Cl2FN2O2S2. The minimum atomic E-state index is -3.93. The fourth-order valence-electron chi connectivity index (χ4n) is 1.23. The maximum absolute atomic E-state index is 13.4. The van der Waals surface area contributed by atoms with Gasteiger partial charge in [-0.3, -0.25) is 0 Å². The van der Waals surface area contributed by atoms with Gasteiger partial charge in [0.25, 0.3) is 0 Å². The summed E-state index contributed by atoms with van der Waals surface area (Å²) < 4.78 is 36.8. The van der Waals surface area contributed by atoms with E-state index in [1.54, 1.807) is 31.2 Å². The monoisotopic (exact) mass is 346 g/mol. The van der Waals surface area contributed by atoms with Gasteiger partial charge in [-0.05, 0) is 18.6 Å². The molecule has 0 saturated heterocycles. The molecule has 4 nitrogen and oxygen atoms in total. The molecule has 1 aromatic rings. The minimum absolute atomic E-state index is 0.172. The van der Waals surface area contributed by atoms with Crippen molar-refractivity contribution < 1.29 is 12.8 Å². The molecule has 0 atom stereocenters. The molecule has 0 aliphatic carbocycles. The van der Waals surface area contributed by atoms with Crippen LogP contribution in [0.25, 0.3) is 0 Å². The van der Waals surface area contributed by atoms with E-state index in [-0.39, 0.29) is 11.9 Å². The molecule has 0 amide bonds. The Balaban J connectivity index is 3.33. The second kappa shape index (κ2) is 6.05. The van der Waals surface area contributed by atoms with Crippen molar-refractivity contribution >= 4 is 51.0 Å². The van der Waals surface area contributed by atoms with Crippen LogP contribution in [0.15, 0.2) is 24.3 Å². The molecule has 0 spiro atoms. The normalized spacial score (nSPS) is 12.8. The van der Waals surface area contributed by atoms with Crippen LogP contribution >= 0.6 is 35.1 Å². The summed E-state index contributed by atoms with van der Waals surface area (Å²) in [5.74, 6) is 0. The third-order valence-electron chi connectivity index (χ3n) is 2.17. The van der Waals surface area contributed by atoms with E-state index in [4.69, 9.17) is 23.2 Å². The van der Waals surface area contributed by atoms with Crippen LogP contribution < -0.4 is 3.71 Å². The molecule has 1 rings (SSSR count). The van der Waals surface area contributed by atoms with Crippen LogP contribution in [-0.4, -0.2) is 30.7 Å². The summed E-state index contributed by atoms with van der Waals surface area (Å²) >= 11 is 10.7. The number of halogens is 3. The van der Waals surface area contributed by atoms with Gasteiger partial charge in [0, 0.05) is 26.0 Å². The average Bonchev–Trinajstić information content (AvgIpc) is 2.25. The van der Waals surface area contributed by atoms with Crippen molar-refractivity contribution in [2.45, 2.75) is 10.8 Å². The van der Waals surface area contributed by atoms with Crippen LogP contribution in [0.1, 0.15) is 5.56 Å². The molecule has 0 radical (unpaired) electrons. The molecule has 0 aliphatic heterocycles. The van der Waals surface area contributed by atoms with Crippen molar-refractivity contribution in [2.24, 2.45) is 0 Å². The summed E-state index contributed by atoms with van der Waals surface area (Å²) in [6.45, 7) is 1.70. The minimum Gasteiger partial charge on any atom is -0.193 e. The zero-order chi connectivity index (χ0) is 14.8. The topological polar surface area (TPSA) is 40.6 Å². The maximum atomic E-state index is 13.4. The van der Waals surface area contributed by atoms with Crippen LogP contribution in [0.2, 0.25) is 0 Å². The van der Waals surface area contributed by atoms with Gasteiger partial charge in [0.1, 0.15) is 0 Å². The lowest BCUT2D eigenvalue weighted by Gasteiger charge is -2.28. The van der Waals surface area contributed by atoms with Gasteiger partial charge >= 0.3 is 14.1 Å². The van der Waals surface area contributed by atoms with E-state index in [1.165, 1.54) is 14.1 Å². The number of rotatable bonds is 5. The lowest BCUT2D eigenvalue weighted by Crippen LogP contribution is -2.37. The Kier molecular flexibility index (Phi) is 5.36. The zero-order valence-corrected chi connectivity index (χ0v) is 13.6.